The molecule has 1 N–H and O–H groups in total. The fourth-order valence-corrected chi connectivity index (χ4v) is 1.35. The minimum atomic E-state index is -0.727. The van der Waals surface area contributed by atoms with Crippen LogP contribution in [-0.2, 0) is 4.79 Å². The van der Waals surface area contributed by atoms with Gasteiger partial charge in [-0.05, 0) is 19.8 Å². The van der Waals surface area contributed by atoms with E-state index in [1.165, 1.54) is 0 Å². The third kappa shape index (κ3) is 1.50. The largest absolute Gasteiger partial charge is 0.481 e. The third-order valence-electron chi connectivity index (χ3n) is 2.24. The molecular formula is C10H12O2. The van der Waals surface area contributed by atoms with Crippen LogP contribution in [0.2, 0.25) is 0 Å². The van der Waals surface area contributed by atoms with Crippen LogP contribution in [0, 0.1) is 17.3 Å². The Morgan fingerprint density at radius 2 is 2.17 bits per heavy atom. The van der Waals surface area contributed by atoms with Gasteiger partial charge in [-0.15, -0.1) is 11.8 Å². The van der Waals surface area contributed by atoms with Crippen molar-refractivity contribution in [3.63, 3.8) is 0 Å². The first-order chi connectivity index (χ1) is 5.71. The number of aliphatic carboxylic acids is 1. The second kappa shape index (κ2) is 3.44. The minimum absolute atomic E-state index is 0.464. The summed E-state index contributed by atoms with van der Waals surface area (Å²) in [5.74, 6) is 4.85. The second-order valence-electron chi connectivity index (χ2n) is 3.07. The Hall–Kier alpha value is -1.23. The summed E-state index contributed by atoms with van der Waals surface area (Å²) in [6.45, 7) is 1.73. The fourth-order valence-electron chi connectivity index (χ4n) is 1.35. The predicted molar refractivity (Wildman–Crippen MR) is 46.5 cm³/mol. The van der Waals surface area contributed by atoms with Crippen molar-refractivity contribution in [3.8, 4) is 11.8 Å². The minimum Gasteiger partial charge on any atom is -0.481 e. The van der Waals surface area contributed by atoms with Crippen molar-refractivity contribution in [2.45, 2.75) is 26.2 Å². The summed E-state index contributed by atoms with van der Waals surface area (Å²) >= 11 is 0. The van der Waals surface area contributed by atoms with Crippen molar-refractivity contribution in [2.75, 3.05) is 0 Å². The molecule has 0 unspecified atom stereocenters. The summed E-state index contributed by atoms with van der Waals surface area (Å²) in [7, 11) is 0. The van der Waals surface area contributed by atoms with Crippen LogP contribution in [0.4, 0.5) is 0 Å². The maximum Gasteiger partial charge on any atom is 0.311 e. The molecule has 1 aliphatic carbocycles. The Kier molecular flexibility index (Phi) is 2.54. The molecule has 1 rings (SSSR count). The first-order valence-corrected chi connectivity index (χ1v) is 3.99. The summed E-state index contributed by atoms with van der Waals surface area (Å²) in [5, 5.41) is 8.98. The molecule has 0 saturated carbocycles. The number of allylic oxidation sites excluding steroid dienone is 2. The maximum atomic E-state index is 10.9. The van der Waals surface area contributed by atoms with E-state index < -0.39 is 11.4 Å². The first-order valence-electron chi connectivity index (χ1n) is 3.99. The fraction of sp³-hybridized carbons (Fsp3) is 0.500. The zero-order chi connectivity index (χ0) is 9.03. The van der Waals surface area contributed by atoms with Crippen LogP contribution in [-0.4, -0.2) is 11.1 Å². The smallest absolute Gasteiger partial charge is 0.311 e. The van der Waals surface area contributed by atoms with Gasteiger partial charge in [0, 0.05) is 6.42 Å². The Bertz CT molecular complexity index is 257. The quantitative estimate of drug-likeness (QED) is 0.499. The standard InChI is InChI=1S/C10H12O2/c1-2-3-6-10(9(11)12)7-4-5-8-10/h4-5H,6-8H2,1H3,(H,11,12). The van der Waals surface area contributed by atoms with Crippen molar-refractivity contribution < 1.29 is 9.90 Å². The summed E-state index contributed by atoms with van der Waals surface area (Å²) < 4.78 is 0. The molecular weight excluding hydrogens is 152 g/mol. The van der Waals surface area contributed by atoms with Crippen LogP contribution in [0.3, 0.4) is 0 Å². The van der Waals surface area contributed by atoms with Crippen LogP contribution in [0.5, 0.6) is 0 Å². The topological polar surface area (TPSA) is 37.3 Å². The first kappa shape index (κ1) is 8.86. The van der Waals surface area contributed by atoms with Gasteiger partial charge in [0.05, 0.1) is 5.41 Å². The molecule has 0 aromatic carbocycles. The lowest BCUT2D eigenvalue weighted by Crippen LogP contribution is -2.27. The summed E-state index contributed by atoms with van der Waals surface area (Å²) in [5.41, 5.74) is -0.622. The number of carboxylic acids is 1. The summed E-state index contributed by atoms with van der Waals surface area (Å²) in [6.07, 6.45) is 5.55. The molecule has 2 heteroatoms. The van der Waals surface area contributed by atoms with E-state index in [1.807, 2.05) is 12.2 Å². The second-order valence-corrected chi connectivity index (χ2v) is 3.07. The SMILES string of the molecule is CC#CCC1(C(=O)O)CC=CC1. The van der Waals surface area contributed by atoms with E-state index in [9.17, 15) is 4.79 Å². The summed E-state index contributed by atoms with van der Waals surface area (Å²) in [6, 6.07) is 0. The molecule has 0 atom stereocenters. The van der Waals surface area contributed by atoms with Crippen molar-refractivity contribution in [1.82, 2.24) is 0 Å². The van der Waals surface area contributed by atoms with E-state index >= 15 is 0 Å². The third-order valence-corrected chi connectivity index (χ3v) is 2.24. The highest BCUT2D eigenvalue weighted by Gasteiger charge is 2.37. The molecule has 0 spiro atoms. The Morgan fingerprint density at radius 3 is 2.58 bits per heavy atom. The highest BCUT2D eigenvalue weighted by atomic mass is 16.4. The van der Waals surface area contributed by atoms with E-state index in [4.69, 9.17) is 5.11 Å². The van der Waals surface area contributed by atoms with Gasteiger partial charge in [-0.1, -0.05) is 12.2 Å². The molecule has 0 amide bonds. The Labute approximate surface area is 72.3 Å². The van der Waals surface area contributed by atoms with E-state index in [1.54, 1.807) is 6.92 Å². The van der Waals surface area contributed by atoms with Crippen LogP contribution in [0.1, 0.15) is 26.2 Å². The van der Waals surface area contributed by atoms with Gasteiger partial charge in [-0.3, -0.25) is 4.79 Å². The lowest BCUT2D eigenvalue weighted by molar-refractivity contribution is -0.148. The van der Waals surface area contributed by atoms with E-state index in [2.05, 4.69) is 11.8 Å². The number of hydrogen-bond donors (Lipinski definition) is 1. The Morgan fingerprint density at radius 1 is 1.58 bits per heavy atom. The molecule has 0 saturated heterocycles. The van der Waals surface area contributed by atoms with Crippen LogP contribution in [0.15, 0.2) is 12.2 Å². The van der Waals surface area contributed by atoms with Gasteiger partial charge in [-0.2, -0.15) is 0 Å². The Balaban J connectivity index is 2.71. The zero-order valence-electron chi connectivity index (χ0n) is 7.13. The molecule has 1 aliphatic rings. The number of rotatable bonds is 2. The van der Waals surface area contributed by atoms with Gasteiger partial charge < -0.3 is 5.11 Å². The molecule has 0 bridgehead atoms. The van der Waals surface area contributed by atoms with E-state index in [-0.39, 0.29) is 0 Å². The maximum absolute atomic E-state index is 10.9. The highest BCUT2D eigenvalue weighted by molar-refractivity contribution is 5.76. The summed E-state index contributed by atoms with van der Waals surface area (Å²) in [4.78, 5) is 10.9. The molecule has 0 aliphatic heterocycles. The average molecular weight is 164 g/mol. The molecule has 12 heavy (non-hydrogen) atoms. The average Bonchev–Trinajstić information content (AvgIpc) is 2.50. The predicted octanol–water partition coefficient (Wildman–Crippen LogP) is 1.82. The van der Waals surface area contributed by atoms with Crippen LogP contribution < -0.4 is 0 Å². The van der Waals surface area contributed by atoms with Crippen molar-refractivity contribution >= 4 is 5.97 Å². The van der Waals surface area contributed by atoms with Crippen LogP contribution in [0.25, 0.3) is 0 Å². The zero-order valence-corrected chi connectivity index (χ0v) is 7.13. The molecule has 0 aromatic heterocycles. The monoisotopic (exact) mass is 164 g/mol. The van der Waals surface area contributed by atoms with Gasteiger partial charge >= 0.3 is 5.97 Å². The molecule has 0 radical (unpaired) electrons. The van der Waals surface area contributed by atoms with Gasteiger partial charge in [-0.25, -0.2) is 0 Å². The lowest BCUT2D eigenvalue weighted by Gasteiger charge is -2.20. The molecule has 64 valence electrons. The molecule has 0 heterocycles. The van der Waals surface area contributed by atoms with Crippen molar-refractivity contribution in [2.24, 2.45) is 5.41 Å². The van der Waals surface area contributed by atoms with Gasteiger partial charge in [0.25, 0.3) is 0 Å². The van der Waals surface area contributed by atoms with Gasteiger partial charge in [0.2, 0.25) is 0 Å². The van der Waals surface area contributed by atoms with Crippen molar-refractivity contribution in [1.29, 1.82) is 0 Å². The molecule has 0 aromatic rings. The van der Waals surface area contributed by atoms with Gasteiger partial charge in [0.15, 0.2) is 0 Å². The van der Waals surface area contributed by atoms with Gasteiger partial charge in [0.1, 0.15) is 0 Å². The number of carboxylic acid groups (broad SMARTS) is 1. The lowest BCUT2D eigenvalue weighted by atomic mass is 9.82. The van der Waals surface area contributed by atoms with Crippen molar-refractivity contribution in [3.05, 3.63) is 12.2 Å². The molecule has 0 fully saturated rings. The van der Waals surface area contributed by atoms with E-state index in [0.717, 1.165) is 0 Å². The highest BCUT2D eigenvalue weighted by Crippen LogP contribution is 2.36. The number of carbonyl (C=O) groups is 1. The normalized spacial score (nSPS) is 18.4. The van der Waals surface area contributed by atoms with E-state index in [0.29, 0.717) is 19.3 Å². The number of hydrogen-bond acceptors (Lipinski definition) is 1. The molecule has 2 nitrogen and oxygen atoms in total. The van der Waals surface area contributed by atoms with Crippen LogP contribution >= 0.6 is 0 Å².